The van der Waals surface area contributed by atoms with E-state index in [2.05, 4.69) is 10.4 Å². The lowest BCUT2D eigenvalue weighted by Crippen LogP contribution is -2.23. The highest BCUT2D eigenvalue weighted by atomic mass is 32.2. The van der Waals surface area contributed by atoms with Gasteiger partial charge in [-0.1, -0.05) is 37.3 Å². The molecule has 2 heterocycles. The number of aromatic nitrogens is 2. The summed E-state index contributed by atoms with van der Waals surface area (Å²) in [5.41, 5.74) is 3.43. The molecule has 0 fully saturated rings. The van der Waals surface area contributed by atoms with Crippen LogP contribution in [0.1, 0.15) is 36.1 Å². The van der Waals surface area contributed by atoms with Crippen molar-refractivity contribution in [3.8, 4) is 11.4 Å². The van der Waals surface area contributed by atoms with Gasteiger partial charge in [0.2, 0.25) is 5.91 Å². The molecule has 4 rings (SSSR count). The molecule has 2 aromatic carbocycles. The number of rotatable bonds is 6. The Hall–Kier alpha value is -2.93. The molecule has 0 spiro atoms. The van der Waals surface area contributed by atoms with Crippen molar-refractivity contribution in [3.63, 3.8) is 0 Å². The van der Waals surface area contributed by atoms with Crippen LogP contribution in [0, 0.1) is 0 Å². The van der Waals surface area contributed by atoms with Crippen molar-refractivity contribution >= 4 is 22.5 Å². The van der Waals surface area contributed by atoms with Crippen LogP contribution in [0.5, 0.6) is 5.75 Å². The molecule has 1 aliphatic heterocycles. The second-order valence-corrected chi connectivity index (χ2v) is 8.43. The van der Waals surface area contributed by atoms with E-state index in [1.54, 1.807) is 11.8 Å². The van der Waals surface area contributed by atoms with E-state index in [4.69, 9.17) is 4.74 Å². The molecule has 7 heteroatoms. The standard InChI is InChI=1S/C22H23N3O3S/c1-3-18(15-7-5-4-6-8-15)22(26)23-21-19-13-29(27)14-20(19)24-25(21)16-9-11-17(28-2)12-10-16/h4-12,18H,3,13-14H2,1-2H3,(H,23,26)/t18-,29+/m1/s1. The maximum atomic E-state index is 13.2. The van der Waals surface area contributed by atoms with Crippen molar-refractivity contribution in [3.05, 3.63) is 71.4 Å². The van der Waals surface area contributed by atoms with Gasteiger partial charge in [0.05, 0.1) is 35.9 Å². The molecule has 0 unspecified atom stereocenters. The Kier molecular flexibility index (Phi) is 5.49. The average Bonchev–Trinajstić information content (AvgIpc) is 3.26. The highest BCUT2D eigenvalue weighted by Crippen LogP contribution is 2.33. The third kappa shape index (κ3) is 3.82. The van der Waals surface area contributed by atoms with Crippen LogP contribution in [0.2, 0.25) is 0 Å². The van der Waals surface area contributed by atoms with Crippen molar-refractivity contribution < 1.29 is 13.7 Å². The smallest absolute Gasteiger partial charge is 0.233 e. The maximum Gasteiger partial charge on any atom is 0.233 e. The molecule has 2 atom stereocenters. The second kappa shape index (κ2) is 8.21. The molecule has 0 radical (unpaired) electrons. The summed E-state index contributed by atoms with van der Waals surface area (Å²) in [7, 11) is 0.639. The second-order valence-electron chi connectivity index (χ2n) is 6.97. The van der Waals surface area contributed by atoms with Crippen LogP contribution < -0.4 is 10.1 Å². The van der Waals surface area contributed by atoms with Crippen molar-refractivity contribution in [2.24, 2.45) is 0 Å². The number of methoxy groups -OCH3 is 1. The van der Waals surface area contributed by atoms with Gasteiger partial charge in [-0.25, -0.2) is 4.68 Å². The molecule has 1 aromatic heterocycles. The molecule has 0 bridgehead atoms. The van der Waals surface area contributed by atoms with Crippen LogP contribution in [-0.4, -0.2) is 27.0 Å². The lowest BCUT2D eigenvalue weighted by Gasteiger charge is -2.17. The molecular formula is C22H23N3O3S. The number of nitrogens with zero attached hydrogens (tertiary/aromatic N) is 2. The van der Waals surface area contributed by atoms with E-state index < -0.39 is 10.8 Å². The minimum absolute atomic E-state index is 0.0890. The van der Waals surface area contributed by atoms with Gasteiger partial charge in [0.1, 0.15) is 11.6 Å². The van der Waals surface area contributed by atoms with Gasteiger partial charge in [-0.2, -0.15) is 5.10 Å². The zero-order chi connectivity index (χ0) is 20.4. The number of amides is 1. The third-order valence-corrected chi connectivity index (χ3v) is 6.36. The largest absolute Gasteiger partial charge is 0.497 e. The number of hydrogen-bond donors (Lipinski definition) is 1. The monoisotopic (exact) mass is 409 g/mol. The molecule has 0 saturated carbocycles. The number of nitrogens with one attached hydrogen (secondary N) is 1. The van der Waals surface area contributed by atoms with Crippen LogP contribution in [-0.2, 0) is 27.1 Å². The number of anilines is 1. The topological polar surface area (TPSA) is 73.2 Å². The van der Waals surface area contributed by atoms with Crippen LogP contribution in [0.25, 0.3) is 5.69 Å². The third-order valence-electron chi connectivity index (χ3n) is 5.16. The van der Waals surface area contributed by atoms with Gasteiger partial charge in [-0.05, 0) is 36.2 Å². The van der Waals surface area contributed by atoms with Gasteiger partial charge in [0, 0.05) is 16.4 Å². The first-order valence-corrected chi connectivity index (χ1v) is 11.1. The SMILES string of the molecule is CC[C@@H](C(=O)Nc1c2c(nn1-c1ccc(OC)cc1)C[S@@](=O)C2)c1ccccc1. The molecule has 1 aliphatic rings. The number of fused-ring (bicyclic) bond motifs is 1. The van der Waals surface area contributed by atoms with E-state index in [0.717, 1.165) is 28.3 Å². The zero-order valence-corrected chi connectivity index (χ0v) is 17.2. The molecule has 6 nitrogen and oxygen atoms in total. The van der Waals surface area contributed by atoms with Gasteiger partial charge < -0.3 is 10.1 Å². The molecule has 150 valence electrons. The van der Waals surface area contributed by atoms with Gasteiger partial charge >= 0.3 is 0 Å². The van der Waals surface area contributed by atoms with Crippen LogP contribution >= 0.6 is 0 Å². The van der Waals surface area contributed by atoms with Crippen LogP contribution in [0.4, 0.5) is 5.82 Å². The summed E-state index contributed by atoms with van der Waals surface area (Å²) in [4.78, 5) is 13.2. The molecule has 1 amide bonds. The van der Waals surface area contributed by atoms with E-state index in [1.165, 1.54) is 0 Å². The van der Waals surface area contributed by atoms with E-state index in [0.29, 0.717) is 23.7 Å². The summed E-state index contributed by atoms with van der Waals surface area (Å²) in [6.45, 7) is 2.00. The Labute approximate surface area is 172 Å². The number of carbonyl (C=O) groups excluding carboxylic acids is 1. The first-order chi connectivity index (χ1) is 14.1. The highest BCUT2D eigenvalue weighted by molar-refractivity contribution is 7.83. The summed E-state index contributed by atoms with van der Waals surface area (Å²) >= 11 is 0. The molecule has 29 heavy (non-hydrogen) atoms. The summed E-state index contributed by atoms with van der Waals surface area (Å²) in [6.07, 6.45) is 0.681. The Morgan fingerprint density at radius 2 is 1.90 bits per heavy atom. The molecule has 1 N–H and O–H groups in total. The zero-order valence-electron chi connectivity index (χ0n) is 16.4. The Bertz CT molecular complexity index is 1050. The van der Waals surface area contributed by atoms with E-state index in [-0.39, 0.29) is 11.8 Å². The highest BCUT2D eigenvalue weighted by Gasteiger charge is 2.30. The van der Waals surface area contributed by atoms with Crippen molar-refractivity contribution in [1.82, 2.24) is 9.78 Å². The fourth-order valence-electron chi connectivity index (χ4n) is 3.63. The fraction of sp³-hybridized carbons (Fsp3) is 0.273. The van der Waals surface area contributed by atoms with Crippen molar-refractivity contribution in [1.29, 1.82) is 0 Å². The Morgan fingerprint density at radius 3 is 2.55 bits per heavy atom. The number of hydrogen-bond acceptors (Lipinski definition) is 4. The normalized spacial score (nSPS) is 16.3. The van der Waals surface area contributed by atoms with Crippen molar-refractivity contribution in [2.45, 2.75) is 30.8 Å². The van der Waals surface area contributed by atoms with Gasteiger partial charge in [-0.3, -0.25) is 9.00 Å². The van der Waals surface area contributed by atoms with Crippen LogP contribution in [0.3, 0.4) is 0 Å². The summed E-state index contributed by atoms with van der Waals surface area (Å²) < 4.78 is 19.0. The number of carbonyl (C=O) groups is 1. The average molecular weight is 410 g/mol. The Balaban J connectivity index is 1.70. The lowest BCUT2D eigenvalue weighted by atomic mass is 9.95. The lowest BCUT2D eigenvalue weighted by molar-refractivity contribution is -0.117. The minimum atomic E-state index is -0.979. The van der Waals surface area contributed by atoms with Gasteiger partial charge in [0.15, 0.2) is 0 Å². The van der Waals surface area contributed by atoms with E-state index in [9.17, 15) is 9.00 Å². The van der Waals surface area contributed by atoms with E-state index in [1.807, 2.05) is 61.5 Å². The maximum absolute atomic E-state index is 13.2. The Morgan fingerprint density at radius 1 is 1.17 bits per heavy atom. The fourth-order valence-corrected chi connectivity index (χ4v) is 4.89. The summed E-state index contributed by atoms with van der Waals surface area (Å²) in [6, 6.07) is 17.2. The first kappa shape index (κ1) is 19.4. The molecular weight excluding hydrogens is 386 g/mol. The summed E-state index contributed by atoms with van der Waals surface area (Å²) in [5, 5.41) is 7.73. The van der Waals surface area contributed by atoms with Gasteiger partial charge in [0.25, 0.3) is 0 Å². The number of benzene rings is 2. The first-order valence-electron chi connectivity index (χ1n) is 9.56. The summed E-state index contributed by atoms with van der Waals surface area (Å²) in [5.74, 6) is 1.82. The van der Waals surface area contributed by atoms with Crippen molar-refractivity contribution in [2.75, 3.05) is 12.4 Å². The molecule has 0 saturated heterocycles. The predicted molar refractivity (Wildman–Crippen MR) is 114 cm³/mol. The number of ether oxygens (including phenoxy) is 1. The van der Waals surface area contributed by atoms with E-state index >= 15 is 0 Å². The molecule has 0 aliphatic carbocycles. The van der Waals surface area contributed by atoms with Crippen LogP contribution in [0.15, 0.2) is 54.6 Å². The minimum Gasteiger partial charge on any atom is -0.497 e. The molecule has 3 aromatic rings. The van der Waals surface area contributed by atoms with Gasteiger partial charge in [-0.15, -0.1) is 0 Å². The quantitative estimate of drug-likeness (QED) is 0.673. The predicted octanol–water partition coefficient (Wildman–Crippen LogP) is 3.78.